The lowest BCUT2D eigenvalue weighted by molar-refractivity contribution is 0.354. The molecule has 0 amide bonds. The van der Waals surface area contributed by atoms with Gasteiger partial charge in [-0.1, -0.05) is 32.8 Å². The van der Waals surface area contributed by atoms with Crippen molar-refractivity contribution in [1.29, 1.82) is 0 Å². The predicted octanol–water partition coefficient (Wildman–Crippen LogP) is 3.53. The number of nitrogens with zero attached hydrogens (tertiary/aromatic N) is 1. The maximum Gasteiger partial charge on any atom is 0.128 e. The van der Waals surface area contributed by atoms with Crippen molar-refractivity contribution in [3.05, 3.63) is 23.9 Å². The molecule has 3 nitrogen and oxygen atoms in total. The molecule has 3 atom stereocenters. The Labute approximate surface area is 117 Å². The largest absolute Gasteiger partial charge is 0.383 e. The number of hydrogen-bond acceptors (Lipinski definition) is 3. The van der Waals surface area contributed by atoms with Crippen LogP contribution in [0.5, 0.6) is 0 Å². The number of rotatable bonds is 6. The molecule has 1 fully saturated rings. The van der Waals surface area contributed by atoms with Gasteiger partial charge in [-0.2, -0.15) is 0 Å². The van der Waals surface area contributed by atoms with E-state index < -0.39 is 0 Å². The second-order valence-corrected chi connectivity index (χ2v) is 5.76. The Kier molecular flexibility index (Phi) is 5.20. The number of nitrogens with two attached hydrogens (primary N) is 1. The van der Waals surface area contributed by atoms with Crippen molar-refractivity contribution in [2.45, 2.75) is 52.0 Å². The van der Waals surface area contributed by atoms with Crippen molar-refractivity contribution in [1.82, 2.24) is 10.3 Å². The number of aromatic nitrogens is 1. The molecule has 0 bridgehead atoms. The van der Waals surface area contributed by atoms with Gasteiger partial charge in [-0.05, 0) is 43.7 Å². The Balaban J connectivity index is 2.14. The zero-order chi connectivity index (χ0) is 13.7. The molecule has 3 unspecified atom stereocenters. The van der Waals surface area contributed by atoms with Crippen LogP contribution in [0.1, 0.15) is 57.6 Å². The number of hydrogen-bond donors (Lipinski definition) is 2. The Morgan fingerprint density at radius 3 is 2.89 bits per heavy atom. The molecule has 1 aliphatic carbocycles. The Hall–Kier alpha value is -1.09. The monoisotopic (exact) mass is 261 g/mol. The summed E-state index contributed by atoms with van der Waals surface area (Å²) >= 11 is 0. The van der Waals surface area contributed by atoms with E-state index >= 15 is 0 Å². The third-order valence-electron chi connectivity index (χ3n) is 4.45. The summed E-state index contributed by atoms with van der Waals surface area (Å²) in [5, 5.41) is 3.69. The maximum atomic E-state index is 6.08. The fourth-order valence-electron chi connectivity index (χ4n) is 3.31. The first-order valence-corrected chi connectivity index (χ1v) is 7.70. The third kappa shape index (κ3) is 3.47. The highest BCUT2D eigenvalue weighted by Crippen LogP contribution is 2.41. The lowest BCUT2D eigenvalue weighted by Gasteiger charge is -2.26. The van der Waals surface area contributed by atoms with E-state index in [0.717, 1.165) is 18.9 Å². The van der Waals surface area contributed by atoms with Crippen LogP contribution in [0.25, 0.3) is 0 Å². The normalized spacial score (nSPS) is 24.5. The van der Waals surface area contributed by atoms with Gasteiger partial charge in [-0.15, -0.1) is 0 Å². The van der Waals surface area contributed by atoms with Crippen LogP contribution in [0.15, 0.2) is 18.3 Å². The van der Waals surface area contributed by atoms with Crippen LogP contribution in [0.2, 0.25) is 0 Å². The van der Waals surface area contributed by atoms with Crippen molar-refractivity contribution >= 4 is 5.82 Å². The van der Waals surface area contributed by atoms with Gasteiger partial charge in [0, 0.05) is 17.8 Å². The van der Waals surface area contributed by atoms with Crippen LogP contribution >= 0.6 is 0 Å². The first-order valence-electron chi connectivity index (χ1n) is 7.70. The van der Waals surface area contributed by atoms with Gasteiger partial charge in [0.25, 0.3) is 0 Å². The SMILES string of the molecule is CCCNC(c1cccnc1N)C1CCC(CC)C1. The highest BCUT2D eigenvalue weighted by Gasteiger charge is 2.31. The van der Waals surface area contributed by atoms with E-state index in [4.69, 9.17) is 5.73 Å². The number of nitrogens with one attached hydrogen (secondary N) is 1. The minimum absolute atomic E-state index is 0.380. The number of nitrogen functional groups attached to an aromatic ring is 1. The molecule has 2 rings (SSSR count). The molecular formula is C16H27N3. The molecule has 1 aromatic rings. The van der Waals surface area contributed by atoms with Gasteiger partial charge in [0.15, 0.2) is 0 Å². The molecule has 0 spiro atoms. The van der Waals surface area contributed by atoms with Crippen molar-refractivity contribution in [3.63, 3.8) is 0 Å². The average Bonchev–Trinajstić information content (AvgIpc) is 2.90. The lowest BCUT2D eigenvalue weighted by Crippen LogP contribution is -2.29. The molecule has 1 saturated carbocycles. The second kappa shape index (κ2) is 6.90. The molecule has 0 saturated heterocycles. The average molecular weight is 261 g/mol. The first kappa shape index (κ1) is 14.3. The summed E-state index contributed by atoms with van der Waals surface area (Å²) in [7, 11) is 0. The molecule has 3 N–H and O–H groups in total. The zero-order valence-corrected chi connectivity index (χ0v) is 12.2. The summed E-state index contributed by atoms with van der Waals surface area (Å²) < 4.78 is 0. The Bertz CT molecular complexity index is 391. The first-order chi connectivity index (χ1) is 9.26. The highest BCUT2D eigenvalue weighted by molar-refractivity contribution is 5.41. The van der Waals surface area contributed by atoms with E-state index in [1.165, 1.54) is 31.2 Å². The minimum Gasteiger partial charge on any atom is -0.383 e. The van der Waals surface area contributed by atoms with E-state index in [1.54, 1.807) is 6.20 Å². The van der Waals surface area contributed by atoms with Gasteiger partial charge in [-0.25, -0.2) is 4.98 Å². The van der Waals surface area contributed by atoms with Gasteiger partial charge in [-0.3, -0.25) is 0 Å². The van der Waals surface area contributed by atoms with Crippen LogP contribution in [-0.4, -0.2) is 11.5 Å². The lowest BCUT2D eigenvalue weighted by atomic mass is 9.90. The van der Waals surface area contributed by atoms with E-state index in [9.17, 15) is 0 Å². The van der Waals surface area contributed by atoms with Crippen molar-refractivity contribution < 1.29 is 0 Å². The van der Waals surface area contributed by atoms with Gasteiger partial charge < -0.3 is 11.1 Å². The van der Waals surface area contributed by atoms with Gasteiger partial charge in [0.2, 0.25) is 0 Å². The van der Waals surface area contributed by atoms with Crippen LogP contribution < -0.4 is 11.1 Å². The van der Waals surface area contributed by atoms with E-state index in [0.29, 0.717) is 17.8 Å². The smallest absolute Gasteiger partial charge is 0.128 e. The molecule has 1 aromatic heterocycles. The molecule has 0 aliphatic heterocycles. The molecule has 106 valence electrons. The number of pyridine rings is 1. The van der Waals surface area contributed by atoms with Crippen molar-refractivity contribution in [2.24, 2.45) is 11.8 Å². The van der Waals surface area contributed by atoms with Crippen LogP contribution in [0.3, 0.4) is 0 Å². The Morgan fingerprint density at radius 2 is 2.26 bits per heavy atom. The van der Waals surface area contributed by atoms with E-state index in [2.05, 4.69) is 30.2 Å². The standard InChI is InChI=1S/C16H27N3/c1-3-9-18-15(13-8-7-12(4-2)11-13)14-6-5-10-19-16(14)17/h5-6,10,12-13,15,18H,3-4,7-9,11H2,1-2H3,(H2,17,19). The second-order valence-electron chi connectivity index (χ2n) is 5.76. The third-order valence-corrected chi connectivity index (χ3v) is 4.45. The number of anilines is 1. The molecule has 0 aromatic carbocycles. The summed E-state index contributed by atoms with van der Waals surface area (Å²) in [6, 6.07) is 4.51. The highest BCUT2D eigenvalue weighted by atomic mass is 14.9. The molecule has 3 heteroatoms. The fourth-order valence-corrected chi connectivity index (χ4v) is 3.31. The van der Waals surface area contributed by atoms with E-state index in [1.807, 2.05) is 6.07 Å². The topological polar surface area (TPSA) is 50.9 Å². The van der Waals surface area contributed by atoms with Gasteiger partial charge in [0.05, 0.1) is 0 Å². The molecule has 1 aliphatic rings. The molecular weight excluding hydrogens is 234 g/mol. The maximum absolute atomic E-state index is 6.08. The van der Waals surface area contributed by atoms with Gasteiger partial charge >= 0.3 is 0 Å². The van der Waals surface area contributed by atoms with Gasteiger partial charge in [0.1, 0.15) is 5.82 Å². The summed E-state index contributed by atoms with van der Waals surface area (Å²) in [5.74, 6) is 2.30. The summed E-state index contributed by atoms with van der Waals surface area (Å²) in [6.45, 7) is 5.56. The predicted molar refractivity (Wildman–Crippen MR) is 80.8 cm³/mol. The molecule has 19 heavy (non-hydrogen) atoms. The Morgan fingerprint density at radius 1 is 1.42 bits per heavy atom. The quantitative estimate of drug-likeness (QED) is 0.823. The van der Waals surface area contributed by atoms with Crippen LogP contribution in [0, 0.1) is 11.8 Å². The molecule has 1 heterocycles. The van der Waals surface area contributed by atoms with Crippen LogP contribution in [0.4, 0.5) is 5.82 Å². The fraction of sp³-hybridized carbons (Fsp3) is 0.688. The zero-order valence-electron chi connectivity index (χ0n) is 12.2. The van der Waals surface area contributed by atoms with Crippen molar-refractivity contribution in [2.75, 3.05) is 12.3 Å². The van der Waals surface area contributed by atoms with Crippen LogP contribution in [-0.2, 0) is 0 Å². The van der Waals surface area contributed by atoms with Crippen molar-refractivity contribution in [3.8, 4) is 0 Å². The summed E-state index contributed by atoms with van der Waals surface area (Å²) in [5.41, 5.74) is 7.27. The van der Waals surface area contributed by atoms with E-state index in [-0.39, 0.29) is 0 Å². The molecule has 0 radical (unpaired) electrons. The summed E-state index contributed by atoms with van der Waals surface area (Å²) in [6.07, 6.45) is 8.24. The minimum atomic E-state index is 0.380. The summed E-state index contributed by atoms with van der Waals surface area (Å²) in [4.78, 5) is 4.26.